The molecule has 1 heterocycles. The summed E-state index contributed by atoms with van der Waals surface area (Å²) in [7, 11) is 0. The third-order valence-corrected chi connectivity index (χ3v) is 2.96. The zero-order valence-corrected chi connectivity index (χ0v) is 12.2. The van der Waals surface area contributed by atoms with Crippen molar-refractivity contribution in [3.05, 3.63) is 24.3 Å². The first-order valence-corrected chi connectivity index (χ1v) is 6.56. The van der Waals surface area contributed by atoms with Crippen molar-refractivity contribution in [1.29, 1.82) is 0 Å². The van der Waals surface area contributed by atoms with E-state index >= 15 is 0 Å². The Morgan fingerprint density at radius 1 is 1.25 bits per heavy atom. The molecule has 106 valence electrons. The van der Waals surface area contributed by atoms with Gasteiger partial charge in [0.25, 0.3) is 5.91 Å². The Morgan fingerprint density at radius 2 is 1.85 bits per heavy atom. The first kappa shape index (κ1) is 14.2. The molecule has 0 unspecified atom stereocenters. The molecule has 0 saturated heterocycles. The van der Waals surface area contributed by atoms with Crippen molar-refractivity contribution in [2.45, 2.75) is 34.1 Å². The van der Waals surface area contributed by atoms with E-state index in [1.807, 2.05) is 27.7 Å². The van der Waals surface area contributed by atoms with E-state index in [-0.39, 0.29) is 11.8 Å². The zero-order valence-electron chi connectivity index (χ0n) is 12.2. The van der Waals surface area contributed by atoms with Gasteiger partial charge < -0.3 is 5.32 Å². The van der Waals surface area contributed by atoms with Gasteiger partial charge >= 0.3 is 0 Å². The molecule has 0 atom stereocenters. The third kappa shape index (κ3) is 3.04. The van der Waals surface area contributed by atoms with E-state index in [2.05, 4.69) is 10.4 Å². The van der Waals surface area contributed by atoms with Crippen molar-refractivity contribution in [3.8, 4) is 0 Å². The van der Waals surface area contributed by atoms with Gasteiger partial charge in [-0.3, -0.25) is 9.59 Å². The number of hydrogen-bond acceptors (Lipinski definition) is 3. The van der Waals surface area contributed by atoms with Gasteiger partial charge in [-0.25, -0.2) is 5.01 Å². The number of amides is 2. The largest absolute Gasteiger partial charge is 0.326 e. The van der Waals surface area contributed by atoms with E-state index in [1.165, 1.54) is 5.01 Å². The Hall–Kier alpha value is -2.17. The van der Waals surface area contributed by atoms with Crippen LogP contribution < -0.4 is 10.3 Å². The number of nitrogens with one attached hydrogen (secondary N) is 1. The standard InChI is InChI=1S/C15H19N3O2/c1-10-9-13(19)18(17-10)12-7-5-11(6-8-12)16-14(20)15(2,3)4/h5-8H,9H2,1-4H3,(H,16,20). The molecule has 0 spiro atoms. The van der Waals surface area contributed by atoms with Crippen molar-refractivity contribution >= 4 is 28.9 Å². The lowest BCUT2D eigenvalue weighted by Crippen LogP contribution is -2.27. The number of hydrogen-bond donors (Lipinski definition) is 1. The predicted molar refractivity (Wildman–Crippen MR) is 79.7 cm³/mol. The number of hydrazone groups is 1. The minimum absolute atomic E-state index is 0.0334. The van der Waals surface area contributed by atoms with E-state index < -0.39 is 5.41 Å². The number of benzene rings is 1. The average molecular weight is 273 g/mol. The van der Waals surface area contributed by atoms with E-state index in [4.69, 9.17) is 0 Å². The molecule has 20 heavy (non-hydrogen) atoms. The molecule has 5 nitrogen and oxygen atoms in total. The molecular formula is C15H19N3O2. The molecule has 1 aliphatic heterocycles. The third-order valence-electron chi connectivity index (χ3n) is 2.96. The van der Waals surface area contributed by atoms with E-state index in [9.17, 15) is 9.59 Å². The topological polar surface area (TPSA) is 61.8 Å². The molecule has 0 aliphatic carbocycles. The maximum Gasteiger partial charge on any atom is 0.253 e. The summed E-state index contributed by atoms with van der Waals surface area (Å²) in [5.41, 5.74) is 1.78. The summed E-state index contributed by atoms with van der Waals surface area (Å²) in [4.78, 5) is 23.6. The summed E-state index contributed by atoms with van der Waals surface area (Å²) in [6.07, 6.45) is 0.364. The van der Waals surface area contributed by atoms with Crippen LogP contribution in [0.15, 0.2) is 29.4 Å². The summed E-state index contributed by atoms with van der Waals surface area (Å²) in [6.45, 7) is 7.40. The monoisotopic (exact) mass is 273 g/mol. The molecule has 1 aromatic carbocycles. The number of nitrogens with zero attached hydrogens (tertiary/aromatic N) is 2. The van der Waals surface area contributed by atoms with Gasteiger partial charge in [-0.2, -0.15) is 5.10 Å². The van der Waals surface area contributed by atoms with Crippen LogP contribution in [-0.2, 0) is 9.59 Å². The second kappa shape index (κ2) is 5.07. The number of carbonyl (C=O) groups excluding carboxylic acids is 2. The number of rotatable bonds is 2. The maximum atomic E-state index is 11.9. The van der Waals surface area contributed by atoms with Crippen LogP contribution in [0.3, 0.4) is 0 Å². The van der Waals surface area contributed by atoms with Gasteiger partial charge in [-0.15, -0.1) is 0 Å². The van der Waals surface area contributed by atoms with Crippen molar-refractivity contribution in [2.75, 3.05) is 10.3 Å². The Balaban J connectivity index is 2.11. The minimum atomic E-state index is -0.439. The fourth-order valence-electron chi connectivity index (χ4n) is 1.76. The highest BCUT2D eigenvalue weighted by Crippen LogP contribution is 2.23. The molecule has 2 rings (SSSR count). The highest BCUT2D eigenvalue weighted by atomic mass is 16.2. The van der Waals surface area contributed by atoms with Gasteiger partial charge in [0.2, 0.25) is 5.91 Å². The number of anilines is 2. The molecule has 5 heteroatoms. The lowest BCUT2D eigenvalue weighted by molar-refractivity contribution is -0.123. The van der Waals surface area contributed by atoms with Gasteiger partial charge in [-0.05, 0) is 31.2 Å². The Labute approximate surface area is 118 Å². The van der Waals surface area contributed by atoms with E-state index in [0.717, 1.165) is 5.71 Å². The maximum absolute atomic E-state index is 11.9. The smallest absolute Gasteiger partial charge is 0.253 e. The highest BCUT2D eigenvalue weighted by Gasteiger charge is 2.23. The Bertz CT molecular complexity index is 568. The van der Waals surface area contributed by atoms with Crippen molar-refractivity contribution in [1.82, 2.24) is 0 Å². The van der Waals surface area contributed by atoms with Crippen LogP contribution in [0.25, 0.3) is 0 Å². The number of carbonyl (C=O) groups is 2. The Morgan fingerprint density at radius 3 is 2.30 bits per heavy atom. The molecule has 0 aromatic heterocycles. The second-order valence-corrected chi connectivity index (χ2v) is 5.97. The normalized spacial score (nSPS) is 15.3. The van der Waals surface area contributed by atoms with Crippen molar-refractivity contribution < 1.29 is 9.59 Å². The average Bonchev–Trinajstić information content (AvgIpc) is 2.68. The highest BCUT2D eigenvalue weighted by molar-refractivity contribution is 6.12. The van der Waals surface area contributed by atoms with Gasteiger partial charge in [0.1, 0.15) is 0 Å². The van der Waals surface area contributed by atoms with Crippen molar-refractivity contribution in [3.63, 3.8) is 0 Å². The summed E-state index contributed by atoms with van der Waals surface area (Å²) < 4.78 is 0. The molecule has 0 fully saturated rings. The Kier molecular flexibility index (Phi) is 3.61. The SMILES string of the molecule is CC1=NN(c2ccc(NC(=O)C(C)(C)C)cc2)C(=O)C1. The quantitative estimate of drug-likeness (QED) is 0.900. The summed E-state index contributed by atoms with van der Waals surface area (Å²) in [5.74, 6) is -0.0784. The van der Waals surface area contributed by atoms with Crippen LogP contribution in [0.5, 0.6) is 0 Å². The fourth-order valence-corrected chi connectivity index (χ4v) is 1.76. The summed E-state index contributed by atoms with van der Waals surface area (Å²) in [6, 6.07) is 7.10. The lowest BCUT2D eigenvalue weighted by Gasteiger charge is -2.18. The van der Waals surface area contributed by atoms with Gasteiger partial charge in [0.15, 0.2) is 0 Å². The van der Waals surface area contributed by atoms with Crippen molar-refractivity contribution in [2.24, 2.45) is 10.5 Å². The zero-order chi connectivity index (χ0) is 14.9. The molecule has 0 saturated carbocycles. The van der Waals surface area contributed by atoms with Crippen LogP contribution in [0, 0.1) is 5.41 Å². The first-order valence-electron chi connectivity index (χ1n) is 6.56. The molecule has 1 N–H and O–H groups in total. The molecule has 0 bridgehead atoms. The lowest BCUT2D eigenvalue weighted by atomic mass is 9.95. The first-order chi connectivity index (χ1) is 9.27. The summed E-state index contributed by atoms with van der Waals surface area (Å²) in [5, 5.41) is 8.42. The molecule has 0 radical (unpaired) electrons. The summed E-state index contributed by atoms with van der Waals surface area (Å²) >= 11 is 0. The van der Waals surface area contributed by atoms with Crippen LogP contribution in [0.4, 0.5) is 11.4 Å². The predicted octanol–water partition coefficient (Wildman–Crippen LogP) is 2.78. The molecule has 2 amide bonds. The van der Waals surface area contributed by atoms with Gasteiger partial charge in [-0.1, -0.05) is 20.8 Å². The van der Waals surface area contributed by atoms with Crippen LogP contribution in [0.1, 0.15) is 34.1 Å². The van der Waals surface area contributed by atoms with Gasteiger partial charge in [0, 0.05) is 16.8 Å². The van der Waals surface area contributed by atoms with E-state index in [1.54, 1.807) is 24.3 Å². The van der Waals surface area contributed by atoms with Crippen LogP contribution in [0.2, 0.25) is 0 Å². The molecular weight excluding hydrogens is 254 g/mol. The fraction of sp³-hybridized carbons (Fsp3) is 0.400. The van der Waals surface area contributed by atoms with Crippen LogP contribution >= 0.6 is 0 Å². The van der Waals surface area contributed by atoms with Gasteiger partial charge in [0.05, 0.1) is 12.1 Å². The minimum Gasteiger partial charge on any atom is -0.326 e. The molecule has 1 aromatic rings. The second-order valence-electron chi connectivity index (χ2n) is 5.97. The van der Waals surface area contributed by atoms with Crippen LogP contribution in [-0.4, -0.2) is 17.5 Å². The van der Waals surface area contributed by atoms with E-state index in [0.29, 0.717) is 17.8 Å². The molecule has 1 aliphatic rings.